The number of amides is 2. The smallest absolute Gasteiger partial charge is 0.254 e. The van der Waals surface area contributed by atoms with Crippen LogP contribution in [-0.2, 0) is 14.8 Å². The molecular weight excluding hydrogens is 354 g/mol. The molecule has 0 unspecified atom stereocenters. The fraction of sp³-hybridized carbons (Fsp3) is 0.556. The first kappa shape index (κ1) is 18.8. The molecule has 2 aliphatic rings. The molecule has 7 nitrogen and oxygen atoms in total. The van der Waals surface area contributed by atoms with Crippen molar-refractivity contribution in [3.05, 3.63) is 29.8 Å². The Morgan fingerprint density at radius 1 is 1.31 bits per heavy atom. The highest BCUT2D eigenvalue weighted by atomic mass is 32.2. The zero-order valence-corrected chi connectivity index (χ0v) is 15.8. The minimum Gasteiger partial charge on any atom is -0.354 e. The molecule has 2 amide bonds. The molecule has 0 bridgehead atoms. The molecule has 1 saturated heterocycles. The Kier molecular flexibility index (Phi) is 5.62. The van der Waals surface area contributed by atoms with Gasteiger partial charge in [0.2, 0.25) is 15.9 Å². The first-order chi connectivity index (χ1) is 12.4. The van der Waals surface area contributed by atoms with Crippen molar-refractivity contribution in [1.29, 1.82) is 0 Å². The van der Waals surface area contributed by atoms with Gasteiger partial charge in [-0.05, 0) is 38.0 Å². The fourth-order valence-corrected chi connectivity index (χ4v) is 5.15. The lowest BCUT2D eigenvalue weighted by atomic mass is 10.1. The third-order valence-electron chi connectivity index (χ3n) is 5.09. The number of nitrogens with zero attached hydrogens (tertiary/aromatic N) is 2. The molecule has 1 saturated carbocycles. The van der Waals surface area contributed by atoms with Gasteiger partial charge in [0.05, 0.1) is 11.4 Å². The van der Waals surface area contributed by atoms with Crippen LogP contribution in [0.2, 0.25) is 0 Å². The van der Waals surface area contributed by atoms with Gasteiger partial charge in [0.1, 0.15) is 0 Å². The molecule has 0 aromatic heterocycles. The van der Waals surface area contributed by atoms with E-state index in [2.05, 4.69) is 5.32 Å². The van der Waals surface area contributed by atoms with Crippen LogP contribution in [0.3, 0.4) is 0 Å². The topological polar surface area (TPSA) is 86.8 Å². The van der Waals surface area contributed by atoms with Gasteiger partial charge >= 0.3 is 0 Å². The summed E-state index contributed by atoms with van der Waals surface area (Å²) in [5.41, 5.74) is 0.376. The van der Waals surface area contributed by atoms with Gasteiger partial charge in [-0.3, -0.25) is 9.59 Å². The molecule has 1 aliphatic heterocycles. The summed E-state index contributed by atoms with van der Waals surface area (Å²) in [6.45, 7) is 2.89. The van der Waals surface area contributed by atoms with E-state index in [1.54, 1.807) is 12.1 Å². The van der Waals surface area contributed by atoms with Gasteiger partial charge in [0.25, 0.3) is 5.91 Å². The summed E-state index contributed by atoms with van der Waals surface area (Å²) >= 11 is 0. The molecular formula is C18H25N3O4S. The monoisotopic (exact) mass is 379 g/mol. The Bertz CT molecular complexity index is 787. The predicted octanol–water partition coefficient (Wildman–Crippen LogP) is 1.21. The van der Waals surface area contributed by atoms with Gasteiger partial charge in [-0.15, -0.1) is 0 Å². The van der Waals surface area contributed by atoms with E-state index in [0.29, 0.717) is 18.7 Å². The summed E-state index contributed by atoms with van der Waals surface area (Å²) in [5, 5.41) is 2.61. The zero-order chi connectivity index (χ0) is 18.7. The maximum atomic E-state index is 12.9. The van der Waals surface area contributed by atoms with Crippen molar-refractivity contribution in [3.8, 4) is 0 Å². The lowest BCUT2D eigenvalue weighted by Gasteiger charge is -2.28. The van der Waals surface area contributed by atoms with Gasteiger partial charge in [-0.25, -0.2) is 8.42 Å². The second kappa shape index (κ2) is 7.75. The fourth-order valence-electron chi connectivity index (χ4n) is 3.71. The number of hydrogen-bond donors (Lipinski definition) is 1. The van der Waals surface area contributed by atoms with E-state index >= 15 is 0 Å². The molecule has 3 rings (SSSR count). The third kappa shape index (κ3) is 3.76. The van der Waals surface area contributed by atoms with Crippen molar-refractivity contribution in [2.75, 3.05) is 26.2 Å². The minimum atomic E-state index is -3.80. The second-order valence-corrected chi connectivity index (χ2v) is 8.68. The normalized spacial score (nSPS) is 19.3. The largest absolute Gasteiger partial charge is 0.354 e. The zero-order valence-electron chi connectivity index (χ0n) is 15.0. The van der Waals surface area contributed by atoms with E-state index in [4.69, 9.17) is 0 Å². The molecule has 142 valence electrons. The number of benzene rings is 1. The van der Waals surface area contributed by atoms with Crippen molar-refractivity contribution in [2.45, 2.75) is 43.5 Å². The summed E-state index contributed by atoms with van der Waals surface area (Å²) in [4.78, 5) is 26.3. The van der Waals surface area contributed by atoms with Crippen molar-refractivity contribution >= 4 is 21.8 Å². The van der Waals surface area contributed by atoms with Crippen LogP contribution in [0.15, 0.2) is 29.2 Å². The standard InChI is InChI=1S/C18H25N3O4S/c1-2-21(15-7-3-4-8-15)18(23)14-6-5-9-16(12-14)26(24,25)20-11-10-19-17(22)13-20/h5-6,9,12,15H,2-4,7-8,10-11,13H2,1H3,(H,19,22). The van der Waals surface area contributed by atoms with Crippen LogP contribution in [0.5, 0.6) is 0 Å². The summed E-state index contributed by atoms with van der Waals surface area (Å²) in [6, 6.07) is 6.39. The first-order valence-corrected chi connectivity index (χ1v) is 10.6. The molecule has 0 atom stereocenters. The Morgan fingerprint density at radius 3 is 2.69 bits per heavy atom. The summed E-state index contributed by atoms with van der Waals surface area (Å²) in [7, 11) is -3.80. The molecule has 26 heavy (non-hydrogen) atoms. The van der Waals surface area contributed by atoms with Crippen LogP contribution in [0.25, 0.3) is 0 Å². The molecule has 1 aliphatic carbocycles. The van der Waals surface area contributed by atoms with Gasteiger partial charge in [0.15, 0.2) is 0 Å². The van der Waals surface area contributed by atoms with Crippen LogP contribution in [-0.4, -0.2) is 61.7 Å². The number of nitrogens with one attached hydrogen (secondary N) is 1. The number of piperazine rings is 1. The number of carbonyl (C=O) groups is 2. The highest BCUT2D eigenvalue weighted by Crippen LogP contribution is 2.25. The van der Waals surface area contributed by atoms with Crippen molar-refractivity contribution in [2.24, 2.45) is 0 Å². The van der Waals surface area contributed by atoms with E-state index in [1.165, 1.54) is 12.1 Å². The Morgan fingerprint density at radius 2 is 2.04 bits per heavy atom. The molecule has 1 N–H and O–H groups in total. The van der Waals surface area contributed by atoms with Crippen LogP contribution in [0.1, 0.15) is 43.0 Å². The number of sulfonamides is 1. The predicted molar refractivity (Wildman–Crippen MR) is 97.2 cm³/mol. The lowest BCUT2D eigenvalue weighted by Crippen LogP contribution is -2.49. The van der Waals surface area contributed by atoms with E-state index in [0.717, 1.165) is 30.0 Å². The number of hydrogen-bond acceptors (Lipinski definition) is 4. The van der Waals surface area contributed by atoms with Gasteiger partial charge in [0, 0.05) is 31.2 Å². The van der Waals surface area contributed by atoms with E-state index in [-0.39, 0.29) is 35.8 Å². The van der Waals surface area contributed by atoms with Crippen molar-refractivity contribution < 1.29 is 18.0 Å². The van der Waals surface area contributed by atoms with Gasteiger partial charge in [-0.2, -0.15) is 4.31 Å². The van der Waals surface area contributed by atoms with Crippen LogP contribution in [0.4, 0.5) is 0 Å². The van der Waals surface area contributed by atoms with Crippen molar-refractivity contribution in [1.82, 2.24) is 14.5 Å². The van der Waals surface area contributed by atoms with E-state index in [1.807, 2.05) is 11.8 Å². The Labute approximate surface area is 154 Å². The Balaban J connectivity index is 1.85. The Hall–Kier alpha value is -1.93. The van der Waals surface area contributed by atoms with Crippen LogP contribution >= 0.6 is 0 Å². The molecule has 1 aromatic carbocycles. The highest BCUT2D eigenvalue weighted by molar-refractivity contribution is 7.89. The highest BCUT2D eigenvalue weighted by Gasteiger charge is 2.31. The number of carbonyl (C=O) groups excluding carboxylic acids is 2. The van der Waals surface area contributed by atoms with Gasteiger partial charge < -0.3 is 10.2 Å². The van der Waals surface area contributed by atoms with Crippen LogP contribution < -0.4 is 5.32 Å². The summed E-state index contributed by atoms with van der Waals surface area (Å²) in [6.07, 6.45) is 4.25. The SMILES string of the molecule is CCN(C(=O)c1cccc(S(=O)(=O)N2CCNC(=O)C2)c1)C1CCCC1. The molecule has 0 radical (unpaired) electrons. The summed E-state index contributed by atoms with van der Waals surface area (Å²) in [5.74, 6) is -0.446. The van der Waals surface area contributed by atoms with Gasteiger partial charge in [-0.1, -0.05) is 18.9 Å². The molecule has 2 fully saturated rings. The maximum Gasteiger partial charge on any atom is 0.254 e. The van der Waals surface area contributed by atoms with Crippen LogP contribution in [0, 0.1) is 0 Å². The number of rotatable bonds is 5. The van der Waals surface area contributed by atoms with E-state index < -0.39 is 10.0 Å². The lowest BCUT2D eigenvalue weighted by molar-refractivity contribution is -0.122. The second-order valence-electron chi connectivity index (χ2n) is 6.75. The molecule has 0 spiro atoms. The van der Waals surface area contributed by atoms with E-state index in [9.17, 15) is 18.0 Å². The third-order valence-corrected chi connectivity index (χ3v) is 6.93. The molecule has 1 aromatic rings. The molecule has 8 heteroatoms. The average molecular weight is 379 g/mol. The average Bonchev–Trinajstić information content (AvgIpc) is 3.16. The quantitative estimate of drug-likeness (QED) is 0.833. The van der Waals surface area contributed by atoms with Crippen molar-refractivity contribution in [3.63, 3.8) is 0 Å². The minimum absolute atomic E-state index is 0.0560. The first-order valence-electron chi connectivity index (χ1n) is 9.11. The maximum absolute atomic E-state index is 12.9. The summed E-state index contributed by atoms with van der Waals surface area (Å²) < 4.78 is 26.8. The molecule has 1 heterocycles.